The Balaban J connectivity index is 2.02. The molecule has 0 radical (unpaired) electrons. The third-order valence-electron chi connectivity index (χ3n) is 4.69. The van der Waals surface area contributed by atoms with Crippen LogP contribution in [0.1, 0.15) is 6.42 Å². The van der Waals surface area contributed by atoms with Crippen molar-refractivity contribution in [1.82, 2.24) is 9.88 Å². The Hall–Kier alpha value is -2.62. The highest BCUT2D eigenvalue weighted by Crippen LogP contribution is 2.31. The first-order valence-electron chi connectivity index (χ1n) is 9.08. The first kappa shape index (κ1) is 21.1. The van der Waals surface area contributed by atoms with E-state index in [1.165, 1.54) is 18.2 Å². The van der Waals surface area contributed by atoms with Crippen LogP contribution in [0.2, 0.25) is 0 Å². The molecule has 1 unspecified atom stereocenters. The third kappa shape index (κ3) is 5.06. The van der Waals surface area contributed by atoms with E-state index in [9.17, 15) is 28.2 Å². The summed E-state index contributed by atoms with van der Waals surface area (Å²) in [7, 11) is 0. The molecule has 0 amide bonds. The average Bonchev–Trinajstić information content (AvgIpc) is 2.67. The van der Waals surface area contributed by atoms with Gasteiger partial charge in [0.05, 0.1) is 18.9 Å². The molecule has 3 N–H and O–H groups in total. The number of nitrogens with zero attached hydrogens (tertiary/aromatic N) is 1. The highest BCUT2D eigenvalue weighted by atomic mass is 19.4. The molecule has 29 heavy (non-hydrogen) atoms. The number of rotatable bonds is 7. The van der Waals surface area contributed by atoms with Crippen molar-refractivity contribution in [3.63, 3.8) is 0 Å². The topological polar surface area (TPSA) is 85.8 Å². The summed E-state index contributed by atoms with van der Waals surface area (Å²) in [5.74, 6) is -0.398. The maximum atomic E-state index is 12.7. The van der Waals surface area contributed by atoms with Gasteiger partial charge in [-0.05, 0) is 29.8 Å². The number of aromatic nitrogens is 1. The van der Waals surface area contributed by atoms with Gasteiger partial charge in [-0.15, -0.1) is 13.2 Å². The smallest absolute Gasteiger partial charge is 0.405 e. The van der Waals surface area contributed by atoms with Crippen LogP contribution in [0, 0.1) is 0 Å². The molecule has 1 atom stereocenters. The van der Waals surface area contributed by atoms with Crippen LogP contribution in [0.4, 0.5) is 13.2 Å². The van der Waals surface area contributed by atoms with Gasteiger partial charge in [0.1, 0.15) is 5.75 Å². The van der Waals surface area contributed by atoms with Crippen molar-refractivity contribution < 1.29 is 28.1 Å². The summed E-state index contributed by atoms with van der Waals surface area (Å²) in [6.45, 7) is 0.539. The van der Waals surface area contributed by atoms with Crippen molar-refractivity contribution in [2.24, 2.45) is 0 Å². The van der Waals surface area contributed by atoms with Gasteiger partial charge in [0, 0.05) is 29.9 Å². The second-order valence-corrected chi connectivity index (χ2v) is 6.58. The van der Waals surface area contributed by atoms with Crippen molar-refractivity contribution in [1.29, 1.82) is 0 Å². The molecule has 1 aliphatic rings. The Bertz CT molecular complexity index is 1030. The van der Waals surface area contributed by atoms with E-state index in [1.54, 1.807) is 18.2 Å². The van der Waals surface area contributed by atoms with E-state index in [1.807, 2.05) is 11.0 Å². The van der Waals surface area contributed by atoms with Crippen molar-refractivity contribution in [3.8, 4) is 17.0 Å². The fraction of sp³-hybridized carbons (Fsp3) is 0.350. The summed E-state index contributed by atoms with van der Waals surface area (Å²) in [5, 5.41) is 19.4. The second kappa shape index (κ2) is 8.81. The van der Waals surface area contributed by atoms with Crippen LogP contribution in [0.15, 0.2) is 35.1 Å². The first-order chi connectivity index (χ1) is 13.8. The molecule has 0 spiro atoms. The lowest BCUT2D eigenvalue weighted by molar-refractivity contribution is -0.274. The number of fused-ring (bicyclic) bond motifs is 1. The minimum absolute atomic E-state index is 0.0809. The van der Waals surface area contributed by atoms with Gasteiger partial charge >= 0.3 is 6.36 Å². The summed E-state index contributed by atoms with van der Waals surface area (Å²) in [6.07, 6.45) is -0.730. The van der Waals surface area contributed by atoms with Crippen molar-refractivity contribution in [2.45, 2.75) is 18.8 Å². The Morgan fingerprint density at radius 1 is 1.17 bits per heavy atom. The summed E-state index contributed by atoms with van der Waals surface area (Å²) in [6, 6.07) is 7.05. The maximum absolute atomic E-state index is 12.7. The lowest BCUT2D eigenvalue weighted by atomic mass is 10.0. The fourth-order valence-corrected chi connectivity index (χ4v) is 3.44. The van der Waals surface area contributed by atoms with Gasteiger partial charge in [-0.1, -0.05) is 24.3 Å². The minimum Gasteiger partial charge on any atom is -0.405 e. The Labute approximate surface area is 164 Å². The fourth-order valence-electron chi connectivity index (χ4n) is 3.44. The molecule has 3 rings (SSSR count). The lowest BCUT2D eigenvalue weighted by Crippen LogP contribution is -2.48. The quantitative estimate of drug-likeness (QED) is 0.621. The number of halogens is 3. The SMILES string of the molecule is O=c1[nH]c(-c2ccccc2OC(F)(F)F)cc2c1=CC(N(CCO)CCO)CC=2. The number of hydrogen-bond acceptors (Lipinski definition) is 5. The number of aliphatic hydroxyl groups is 2. The monoisotopic (exact) mass is 410 g/mol. The summed E-state index contributed by atoms with van der Waals surface area (Å²) in [4.78, 5) is 17.1. The number of hydrogen-bond donors (Lipinski definition) is 3. The molecule has 9 heteroatoms. The van der Waals surface area contributed by atoms with Crippen LogP contribution in [0.25, 0.3) is 23.4 Å². The normalized spacial score (nSPS) is 16.1. The van der Waals surface area contributed by atoms with Crippen LogP contribution in [0.5, 0.6) is 5.75 Å². The molecule has 1 aliphatic carbocycles. The summed E-state index contributed by atoms with van der Waals surface area (Å²) < 4.78 is 42.1. The molecule has 0 saturated heterocycles. The number of alkyl halides is 3. The van der Waals surface area contributed by atoms with Gasteiger partial charge in [0.2, 0.25) is 0 Å². The molecule has 1 aromatic carbocycles. The summed E-state index contributed by atoms with van der Waals surface area (Å²) in [5.41, 5.74) is -0.0880. The zero-order valence-corrected chi connectivity index (χ0v) is 15.4. The third-order valence-corrected chi connectivity index (χ3v) is 4.69. The van der Waals surface area contributed by atoms with E-state index in [2.05, 4.69) is 9.72 Å². The van der Waals surface area contributed by atoms with Crippen molar-refractivity contribution in [2.75, 3.05) is 26.3 Å². The summed E-state index contributed by atoms with van der Waals surface area (Å²) >= 11 is 0. The van der Waals surface area contributed by atoms with Crippen LogP contribution in [-0.4, -0.2) is 58.8 Å². The number of aromatic amines is 1. The van der Waals surface area contributed by atoms with E-state index in [4.69, 9.17) is 0 Å². The van der Waals surface area contributed by atoms with Gasteiger partial charge in [-0.2, -0.15) is 0 Å². The molecule has 6 nitrogen and oxygen atoms in total. The number of pyridine rings is 1. The van der Waals surface area contributed by atoms with Crippen LogP contribution in [0.3, 0.4) is 0 Å². The molecule has 0 fully saturated rings. The molecule has 1 aromatic heterocycles. The zero-order valence-electron chi connectivity index (χ0n) is 15.4. The predicted molar refractivity (Wildman–Crippen MR) is 102 cm³/mol. The number of para-hydroxylation sites is 1. The zero-order chi connectivity index (χ0) is 21.0. The standard InChI is InChI=1S/C20H21F3N2O4/c21-20(22,23)29-18-4-2-1-3-15(18)17-11-13-5-6-14(12-16(13)19(28)24-17)25(7-9-26)8-10-27/h1-5,11-12,14,26-27H,6-10H2,(H,24,28). The number of ether oxygens (including phenoxy) is 1. The van der Waals surface area contributed by atoms with E-state index in [0.717, 1.165) is 0 Å². The van der Waals surface area contributed by atoms with Crippen molar-refractivity contribution in [3.05, 3.63) is 51.1 Å². The maximum Gasteiger partial charge on any atom is 0.573 e. The van der Waals surface area contributed by atoms with Gasteiger partial charge in [-0.25, -0.2) is 0 Å². The molecule has 2 aromatic rings. The van der Waals surface area contributed by atoms with Crippen LogP contribution in [-0.2, 0) is 0 Å². The van der Waals surface area contributed by atoms with Crippen molar-refractivity contribution >= 4 is 12.2 Å². The largest absolute Gasteiger partial charge is 0.573 e. The lowest BCUT2D eigenvalue weighted by Gasteiger charge is -2.28. The van der Waals surface area contributed by atoms with Gasteiger partial charge in [-0.3, -0.25) is 9.69 Å². The second-order valence-electron chi connectivity index (χ2n) is 6.58. The molecular weight excluding hydrogens is 389 g/mol. The number of H-pyrrole nitrogens is 1. The van der Waals surface area contributed by atoms with Gasteiger partial charge in [0.15, 0.2) is 0 Å². The molecule has 156 valence electrons. The minimum atomic E-state index is -4.85. The molecule has 1 heterocycles. The highest BCUT2D eigenvalue weighted by Gasteiger charge is 2.32. The van der Waals surface area contributed by atoms with E-state index >= 15 is 0 Å². The number of benzene rings is 1. The Morgan fingerprint density at radius 2 is 1.86 bits per heavy atom. The molecule has 0 aliphatic heterocycles. The Kier molecular flexibility index (Phi) is 6.41. The number of aliphatic hydroxyl groups excluding tert-OH is 2. The molecular formula is C20H21F3N2O4. The first-order valence-corrected chi connectivity index (χ1v) is 9.08. The Morgan fingerprint density at radius 3 is 2.52 bits per heavy atom. The number of nitrogens with one attached hydrogen (secondary N) is 1. The predicted octanol–water partition coefficient (Wildman–Crippen LogP) is 0.560. The molecule has 0 bridgehead atoms. The van der Waals surface area contributed by atoms with E-state index in [0.29, 0.717) is 29.9 Å². The van der Waals surface area contributed by atoms with Crippen LogP contribution >= 0.6 is 0 Å². The average molecular weight is 410 g/mol. The molecule has 0 saturated carbocycles. The van der Waals surface area contributed by atoms with Gasteiger partial charge < -0.3 is 19.9 Å². The highest BCUT2D eigenvalue weighted by molar-refractivity contribution is 5.67. The van der Waals surface area contributed by atoms with E-state index < -0.39 is 17.7 Å². The van der Waals surface area contributed by atoms with Gasteiger partial charge in [0.25, 0.3) is 5.56 Å². The van der Waals surface area contributed by atoms with Crippen LogP contribution < -0.4 is 20.7 Å². The van der Waals surface area contributed by atoms with E-state index in [-0.39, 0.29) is 30.5 Å².